The van der Waals surface area contributed by atoms with Crippen LogP contribution in [0.2, 0.25) is 0 Å². The van der Waals surface area contributed by atoms with Crippen molar-refractivity contribution in [3.63, 3.8) is 0 Å². The topological polar surface area (TPSA) is 185 Å². The second kappa shape index (κ2) is 11.5. The standard InChI is InChI=1S/C22H27N6O8P/c1-5-23-20(29)15-8-7-13(3)17(9-15)26-19-18-14(4)16(10-28(18)25-11-24-19)21(30)27(6-2)22(31)35-12-36-37(32,33)34/h7-11H,5-6,12H2,1-4H3,(H,23,29)(H,24,25,26)(H2,32,33,34). The summed E-state index contributed by atoms with van der Waals surface area (Å²) in [4.78, 5) is 60.3. The molecule has 4 N–H and O–H groups in total. The fourth-order valence-corrected chi connectivity index (χ4v) is 3.67. The first-order valence-electron chi connectivity index (χ1n) is 11.1. The Morgan fingerprint density at radius 3 is 2.57 bits per heavy atom. The highest BCUT2D eigenvalue weighted by Gasteiger charge is 2.28. The van der Waals surface area contributed by atoms with Gasteiger partial charge in [-0.1, -0.05) is 6.07 Å². The van der Waals surface area contributed by atoms with E-state index in [1.807, 2.05) is 13.8 Å². The molecule has 0 radical (unpaired) electrons. The zero-order valence-electron chi connectivity index (χ0n) is 20.6. The summed E-state index contributed by atoms with van der Waals surface area (Å²) in [6, 6.07) is 5.20. The largest absolute Gasteiger partial charge is 0.472 e. The van der Waals surface area contributed by atoms with Crippen LogP contribution in [0.3, 0.4) is 0 Å². The van der Waals surface area contributed by atoms with Crippen LogP contribution in [0.4, 0.5) is 16.3 Å². The minimum absolute atomic E-state index is 0.0815. The summed E-state index contributed by atoms with van der Waals surface area (Å²) in [5, 5.41) is 10.1. The van der Waals surface area contributed by atoms with Gasteiger partial charge in [-0.15, -0.1) is 0 Å². The van der Waals surface area contributed by atoms with Gasteiger partial charge < -0.3 is 25.2 Å². The third-order valence-electron chi connectivity index (χ3n) is 5.33. The number of hydrogen-bond acceptors (Lipinski definition) is 9. The maximum Gasteiger partial charge on any atom is 0.472 e. The average molecular weight is 534 g/mol. The summed E-state index contributed by atoms with van der Waals surface area (Å²) < 4.78 is 21.0. The van der Waals surface area contributed by atoms with E-state index in [0.717, 1.165) is 10.5 Å². The quantitative estimate of drug-likeness (QED) is 0.233. The van der Waals surface area contributed by atoms with Gasteiger partial charge in [-0.25, -0.2) is 28.3 Å². The number of fused-ring (bicyclic) bond motifs is 1. The number of amides is 3. The Labute approximate surface area is 211 Å². The van der Waals surface area contributed by atoms with Gasteiger partial charge in [0, 0.05) is 30.5 Å². The van der Waals surface area contributed by atoms with Gasteiger partial charge in [0.25, 0.3) is 11.8 Å². The second-order valence-electron chi connectivity index (χ2n) is 7.78. The van der Waals surface area contributed by atoms with Crippen LogP contribution >= 0.6 is 7.82 Å². The predicted octanol–water partition coefficient (Wildman–Crippen LogP) is 2.50. The Bertz CT molecular complexity index is 1380. The Kier molecular flexibility index (Phi) is 8.61. The summed E-state index contributed by atoms with van der Waals surface area (Å²) >= 11 is 0. The van der Waals surface area contributed by atoms with E-state index in [2.05, 4.69) is 30.0 Å². The molecule has 15 heteroatoms. The molecule has 0 fully saturated rings. The molecule has 0 atom stereocenters. The van der Waals surface area contributed by atoms with Crippen molar-refractivity contribution in [2.45, 2.75) is 27.7 Å². The lowest BCUT2D eigenvalue weighted by atomic mass is 10.1. The number of aromatic nitrogens is 3. The molecule has 0 saturated heterocycles. The number of phosphoric acid groups is 1. The molecule has 0 aliphatic carbocycles. The highest BCUT2D eigenvalue weighted by atomic mass is 31.2. The highest BCUT2D eigenvalue weighted by molar-refractivity contribution is 7.46. The number of benzene rings is 1. The van der Waals surface area contributed by atoms with Crippen LogP contribution in [-0.4, -0.2) is 67.1 Å². The maximum absolute atomic E-state index is 13.2. The molecule has 198 valence electrons. The normalized spacial score (nSPS) is 11.3. The van der Waals surface area contributed by atoms with Gasteiger partial charge in [-0.05, 0) is 51.0 Å². The van der Waals surface area contributed by atoms with Crippen LogP contribution in [0.25, 0.3) is 5.52 Å². The van der Waals surface area contributed by atoms with E-state index >= 15 is 0 Å². The van der Waals surface area contributed by atoms with Gasteiger partial charge in [-0.2, -0.15) is 5.10 Å². The van der Waals surface area contributed by atoms with Crippen molar-refractivity contribution in [1.82, 2.24) is 24.8 Å². The number of aryl methyl sites for hydroxylation is 2. The van der Waals surface area contributed by atoms with Crippen LogP contribution in [0.5, 0.6) is 0 Å². The molecule has 0 aliphatic heterocycles. The van der Waals surface area contributed by atoms with Crippen molar-refractivity contribution in [3.05, 3.63) is 53.0 Å². The van der Waals surface area contributed by atoms with Gasteiger partial charge in [0.05, 0.1) is 5.56 Å². The summed E-state index contributed by atoms with van der Waals surface area (Å²) in [7, 11) is -4.85. The van der Waals surface area contributed by atoms with Gasteiger partial charge in [0.1, 0.15) is 11.8 Å². The minimum atomic E-state index is -4.85. The molecule has 0 unspecified atom stereocenters. The monoisotopic (exact) mass is 534 g/mol. The van der Waals surface area contributed by atoms with Gasteiger partial charge >= 0.3 is 13.9 Å². The number of carbonyl (C=O) groups excluding carboxylic acids is 3. The number of ether oxygens (including phenoxy) is 1. The van der Waals surface area contributed by atoms with Crippen molar-refractivity contribution < 1.29 is 38.0 Å². The number of phosphoric ester groups is 1. The Balaban J connectivity index is 1.91. The third kappa shape index (κ3) is 6.49. The van der Waals surface area contributed by atoms with Gasteiger partial charge in [0.15, 0.2) is 5.82 Å². The van der Waals surface area contributed by atoms with Crippen LogP contribution < -0.4 is 10.6 Å². The number of nitrogens with one attached hydrogen (secondary N) is 2. The predicted molar refractivity (Wildman–Crippen MR) is 131 cm³/mol. The summed E-state index contributed by atoms with van der Waals surface area (Å²) in [6.07, 6.45) is 1.58. The first-order valence-corrected chi connectivity index (χ1v) is 12.7. The summed E-state index contributed by atoms with van der Waals surface area (Å²) in [5.74, 6) is -0.571. The smallest absolute Gasteiger partial charge is 0.421 e. The van der Waals surface area contributed by atoms with Crippen molar-refractivity contribution in [3.8, 4) is 0 Å². The van der Waals surface area contributed by atoms with Crippen molar-refractivity contribution in [2.24, 2.45) is 0 Å². The van der Waals surface area contributed by atoms with Crippen LogP contribution in [0.15, 0.2) is 30.7 Å². The summed E-state index contributed by atoms with van der Waals surface area (Å²) in [6.45, 7) is 6.26. The number of imide groups is 1. The number of nitrogens with zero attached hydrogens (tertiary/aromatic N) is 4. The first kappa shape index (κ1) is 27.7. The van der Waals surface area contributed by atoms with Crippen molar-refractivity contribution >= 4 is 42.8 Å². The molecular formula is C22H27N6O8P. The zero-order chi connectivity index (χ0) is 27.3. The highest BCUT2D eigenvalue weighted by Crippen LogP contribution is 2.35. The molecule has 0 aliphatic rings. The molecule has 0 bridgehead atoms. The van der Waals surface area contributed by atoms with E-state index in [1.54, 1.807) is 25.1 Å². The van der Waals surface area contributed by atoms with Crippen molar-refractivity contribution in [2.75, 3.05) is 25.2 Å². The maximum atomic E-state index is 13.2. The number of hydrogen-bond donors (Lipinski definition) is 4. The lowest BCUT2D eigenvalue weighted by molar-refractivity contribution is 0.0210. The van der Waals surface area contributed by atoms with E-state index in [-0.39, 0.29) is 18.0 Å². The zero-order valence-corrected chi connectivity index (χ0v) is 21.5. The fourth-order valence-electron chi connectivity index (χ4n) is 3.48. The molecular weight excluding hydrogens is 507 g/mol. The lowest BCUT2D eigenvalue weighted by Gasteiger charge is -2.18. The average Bonchev–Trinajstić information content (AvgIpc) is 3.17. The molecule has 3 rings (SSSR count). The molecule has 2 aromatic heterocycles. The van der Waals surface area contributed by atoms with Gasteiger partial charge in [0.2, 0.25) is 6.79 Å². The molecule has 1 aromatic carbocycles. The molecule has 2 heterocycles. The Morgan fingerprint density at radius 2 is 1.92 bits per heavy atom. The second-order valence-corrected chi connectivity index (χ2v) is 9.02. The molecule has 3 aromatic rings. The summed E-state index contributed by atoms with van der Waals surface area (Å²) in [5.41, 5.74) is 2.99. The molecule has 0 spiro atoms. The SMILES string of the molecule is CCNC(=O)c1ccc(C)c(Nc2ncnn3cc(C(=O)N(CC)C(=O)OCOP(=O)(O)O)c(C)c23)c1. The third-order valence-corrected chi connectivity index (χ3v) is 5.77. The van der Waals surface area contributed by atoms with E-state index in [4.69, 9.17) is 9.79 Å². The first-order chi connectivity index (χ1) is 17.5. The number of anilines is 2. The van der Waals surface area contributed by atoms with E-state index in [9.17, 15) is 18.9 Å². The van der Waals surface area contributed by atoms with Gasteiger partial charge in [-0.3, -0.25) is 9.59 Å². The lowest BCUT2D eigenvalue weighted by Crippen LogP contribution is -2.37. The molecule has 14 nitrogen and oxygen atoms in total. The number of rotatable bonds is 9. The molecule has 0 saturated carbocycles. The Hall–Kier alpha value is -3.84. The van der Waals surface area contributed by atoms with Crippen LogP contribution in [-0.2, 0) is 13.8 Å². The molecule has 37 heavy (non-hydrogen) atoms. The van der Waals surface area contributed by atoms with E-state index in [0.29, 0.717) is 34.7 Å². The van der Waals surface area contributed by atoms with E-state index in [1.165, 1.54) is 24.0 Å². The Morgan fingerprint density at radius 1 is 1.19 bits per heavy atom. The van der Waals surface area contributed by atoms with Crippen LogP contribution in [0, 0.1) is 13.8 Å². The van der Waals surface area contributed by atoms with Crippen LogP contribution in [0.1, 0.15) is 45.7 Å². The van der Waals surface area contributed by atoms with E-state index < -0.39 is 26.6 Å². The fraction of sp³-hybridized carbons (Fsp3) is 0.318. The van der Waals surface area contributed by atoms with Crippen molar-refractivity contribution in [1.29, 1.82) is 0 Å². The molecule has 3 amide bonds. The number of carbonyl (C=O) groups is 3. The minimum Gasteiger partial charge on any atom is -0.421 e.